The maximum Gasteiger partial charge on any atom is 0.261 e. The Labute approximate surface area is 196 Å². The van der Waals surface area contributed by atoms with Gasteiger partial charge < -0.3 is 4.42 Å². The first-order valence-electron chi connectivity index (χ1n) is 9.96. The lowest BCUT2D eigenvalue weighted by atomic mass is 9.84. The topological polar surface area (TPSA) is 102 Å². The Hall–Kier alpha value is -3.49. The van der Waals surface area contributed by atoms with Crippen molar-refractivity contribution in [1.82, 2.24) is 9.97 Å². The molecule has 0 aliphatic rings. The molecular weight excluding hydrogens is 462 g/mol. The normalized spacial score (nSPS) is 11.8. The number of ketones is 1. The second-order valence-electron chi connectivity index (χ2n) is 7.85. The minimum absolute atomic E-state index is 0.0479. The zero-order chi connectivity index (χ0) is 23.6. The fourth-order valence-corrected chi connectivity index (χ4v) is 4.61. The average Bonchev–Trinajstić information content (AvgIpc) is 3.36. The summed E-state index contributed by atoms with van der Waals surface area (Å²) in [4.78, 5) is 21.1. The molecule has 0 saturated carbocycles. The first-order valence-corrected chi connectivity index (χ1v) is 11.8. The molecule has 7 nitrogen and oxygen atoms in total. The predicted molar refractivity (Wildman–Crippen MR) is 125 cm³/mol. The van der Waals surface area contributed by atoms with Crippen LogP contribution in [0.15, 0.2) is 88.8 Å². The van der Waals surface area contributed by atoms with Crippen LogP contribution in [0, 0.1) is 0 Å². The molecule has 0 bridgehead atoms. The van der Waals surface area contributed by atoms with E-state index >= 15 is 0 Å². The number of sulfonamides is 1. The van der Waals surface area contributed by atoms with Gasteiger partial charge in [-0.25, -0.2) is 13.4 Å². The molecular formula is C24H20ClN3O4S. The van der Waals surface area contributed by atoms with E-state index in [2.05, 4.69) is 14.7 Å². The van der Waals surface area contributed by atoms with E-state index in [9.17, 15) is 13.2 Å². The maximum absolute atomic E-state index is 13.1. The van der Waals surface area contributed by atoms with Crippen LogP contribution in [0.2, 0.25) is 5.02 Å². The lowest BCUT2D eigenvalue weighted by Gasteiger charge is -2.21. The number of benzene rings is 2. The Morgan fingerprint density at radius 3 is 2.33 bits per heavy atom. The molecule has 0 amide bonds. The molecule has 1 N–H and O–H groups in total. The van der Waals surface area contributed by atoms with Gasteiger partial charge in [0.05, 0.1) is 22.2 Å². The highest BCUT2D eigenvalue weighted by Gasteiger charge is 2.28. The number of nitrogens with one attached hydrogen (secondary N) is 1. The summed E-state index contributed by atoms with van der Waals surface area (Å²) in [6.07, 6.45) is 6.04. The maximum atomic E-state index is 13.1. The van der Waals surface area contributed by atoms with Gasteiger partial charge in [0.15, 0.2) is 5.78 Å². The van der Waals surface area contributed by atoms with E-state index in [4.69, 9.17) is 16.0 Å². The van der Waals surface area contributed by atoms with Gasteiger partial charge in [-0.15, -0.1) is 0 Å². The van der Waals surface area contributed by atoms with Gasteiger partial charge in [0.1, 0.15) is 6.26 Å². The van der Waals surface area contributed by atoms with Gasteiger partial charge in [-0.1, -0.05) is 23.7 Å². The summed E-state index contributed by atoms with van der Waals surface area (Å²) in [7, 11) is -3.98. The number of pyridine rings is 1. The molecule has 0 saturated heterocycles. The lowest BCUT2D eigenvalue weighted by Crippen LogP contribution is -2.20. The molecule has 33 heavy (non-hydrogen) atoms. The van der Waals surface area contributed by atoms with E-state index in [1.54, 1.807) is 30.5 Å². The van der Waals surface area contributed by atoms with Gasteiger partial charge >= 0.3 is 0 Å². The zero-order valence-electron chi connectivity index (χ0n) is 17.8. The van der Waals surface area contributed by atoms with Crippen molar-refractivity contribution in [3.63, 3.8) is 0 Å². The van der Waals surface area contributed by atoms with Crippen molar-refractivity contribution in [3.8, 4) is 0 Å². The largest absolute Gasteiger partial charge is 0.448 e. The number of carbonyl (C=O) groups excluding carboxylic acids is 1. The highest BCUT2D eigenvalue weighted by atomic mass is 35.5. The van der Waals surface area contributed by atoms with Gasteiger partial charge in [-0.2, -0.15) is 0 Å². The van der Waals surface area contributed by atoms with Crippen molar-refractivity contribution in [1.29, 1.82) is 0 Å². The van der Waals surface area contributed by atoms with Gasteiger partial charge in [-0.3, -0.25) is 14.5 Å². The average molecular weight is 482 g/mol. The van der Waals surface area contributed by atoms with E-state index in [0.29, 0.717) is 16.5 Å². The van der Waals surface area contributed by atoms with Crippen LogP contribution in [0.3, 0.4) is 0 Å². The second kappa shape index (κ2) is 8.80. The molecule has 0 aliphatic heterocycles. The number of anilines is 1. The minimum Gasteiger partial charge on any atom is -0.448 e. The molecule has 2 aromatic carbocycles. The molecule has 4 aromatic rings. The van der Waals surface area contributed by atoms with Crippen LogP contribution in [0.4, 0.5) is 5.69 Å². The fraction of sp³-hybridized carbons (Fsp3) is 0.125. The zero-order valence-corrected chi connectivity index (χ0v) is 19.4. The van der Waals surface area contributed by atoms with Gasteiger partial charge in [0, 0.05) is 28.5 Å². The first-order chi connectivity index (χ1) is 15.7. The van der Waals surface area contributed by atoms with Crippen molar-refractivity contribution in [2.24, 2.45) is 0 Å². The molecule has 0 aliphatic carbocycles. The summed E-state index contributed by atoms with van der Waals surface area (Å²) in [5.41, 5.74) is 0.929. The van der Waals surface area contributed by atoms with Crippen LogP contribution in [-0.4, -0.2) is 24.2 Å². The summed E-state index contributed by atoms with van der Waals surface area (Å²) in [6, 6.07) is 14.0. The number of hydrogen-bond acceptors (Lipinski definition) is 6. The first kappa shape index (κ1) is 22.7. The minimum atomic E-state index is -3.98. The van der Waals surface area contributed by atoms with Crippen molar-refractivity contribution in [3.05, 3.63) is 107 Å². The molecule has 2 aromatic heterocycles. The van der Waals surface area contributed by atoms with Gasteiger partial charge in [0.25, 0.3) is 10.0 Å². The van der Waals surface area contributed by atoms with E-state index < -0.39 is 15.4 Å². The Kier molecular flexibility index (Phi) is 6.05. The van der Waals surface area contributed by atoms with Gasteiger partial charge in [0.2, 0.25) is 5.89 Å². The van der Waals surface area contributed by atoms with Crippen LogP contribution in [0.25, 0.3) is 0 Å². The summed E-state index contributed by atoms with van der Waals surface area (Å²) < 4.78 is 34.1. The highest BCUT2D eigenvalue weighted by Crippen LogP contribution is 2.31. The number of hydrogen-bond donors (Lipinski definition) is 1. The lowest BCUT2D eigenvalue weighted by molar-refractivity contribution is 0.103. The quantitative estimate of drug-likeness (QED) is 0.369. The molecule has 9 heteroatoms. The third-order valence-corrected chi connectivity index (χ3v) is 6.88. The number of nitrogens with zero attached hydrogens (tertiary/aromatic N) is 2. The molecule has 0 atom stereocenters. The Morgan fingerprint density at radius 1 is 1.00 bits per heavy atom. The smallest absolute Gasteiger partial charge is 0.261 e. The van der Waals surface area contributed by atoms with Crippen molar-refractivity contribution in [2.45, 2.75) is 24.2 Å². The molecule has 0 spiro atoms. The van der Waals surface area contributed by atoms with E-state index in [1.165, 1.54) is 49.0 Å². The standard InChI is InChI=1S/C24H20ClN3O4S/c1-24(2,23-27-13-14-32-23)17-3-6-19(7-4-17)33(30,31)28-21-8-5-18(25)15-20(21)22(29)16-9-11-26-12-10-16/h3-15,28H,1-2H3. The van der Waals surface area contributed by atoms with Crippen LogP contribution < -0.4 is 4.72 Å². The fourth-order valence-electron chi connectivity index (χ4n) is 3.36. The van der Waals surface area contributed by atoms with Crippen molar-refractivity contribution in [2.75, 3.05) is 4.72 Å². The summed E-state index contributed by atoms with van der Waals surface area (Å²) in [5, 5.41) is 0.313. The van der Waals surface area contributed by atoms with Crippen LogP contribution in [0.5, 0.6) is 0 Å². The predicted octanol–water partition coefficient (Wildman–Crippen LogP) is 5.08. The van der Waals surface area contributed by atoms with E-state index in [0.717, 1.165) is 5.56 Å². The monoisotopic (exact) mass is 481 g/mol. The number of carbonyl (C=O) groups is 1. The van der Waals surface area contributed by atoms with Crippen LogP contribution in [0.1, 0.15) is 41.2 Å². The number of aromatic nitrogens is 2. The Morgan fingerprint density at radius 2 is 1.70 bits per heavy atom. The van der Waals surface area contributed by atoms with Gasteiger partial charge in [-0.05, 0) is 61.9 Å². The van der Waals surface area contributed by atoms with Crippen molar-refractivity contribution < 1.29 is 17.6 Å². The van der Waals surface area contributed by atoms with E-state index in [-0.39, 0.29) is 21.9 Å². The summed E-state index contributed by atoms with van der Waals surface area (Å²) >= 11 is 6.08. The Balaban J connectivity index is 1.64. The molecule has 0 fully saturated rings. The molecule has 4 rings (SSSR count). The summed E-state index contributed by atoms with van der Waals surface area (Å²) in [6.45, 7) is 3.87. The number of oxazole rings is 1. The second-order valence-corrected chi connectivity index (χ2v) is 9.97. The van der Waals surface area contributed by atoms with E-state index in [1.807, 2.05) is 13.8 Å². The molecule has 168 valence electrons. The number of halogens is 1. The third-order valence-electron chi connectivity index (χ3n) is 5.27. The molecule has 0 radical (unpaired) electrons. The van der Waals surface area contributed by atoms with Crippen LogP contribution in [-0.2, 0) is 15.4 Å². The summed E-state index contributed by atoms with van der Waals surface area (Å²) in [5.74, 6) is 0.150. The SMILES string of the molecule is CC(C)(c1ccc(S(=O)(=O)Nc2ccc(Cl)cc2C(=O)c2ccncc2)cc1)c1ncco1. The van der Waals surface area contributed by atoms with Crippen molar-refractivity contribution >= 4 is 33.1 Å². The molecule has 0 unspecified atom stereocenters. The molecule has 2 heterocycles. The number of rotatable bonds is 7. The third kappa shape index (κ3) is 4.67. The van der Waals surface area contributed by atoms with Crippen LogP contribution >= 0.6 is 11.6 Å². The highest BCUT2D eigenvalue weighted by molar-refractivity contribution is 7.92. The Bertz CT molecular complexity index is 1390.